The van der Waals surface area contributed by atoms with E-state index in [9.17, 15) is 9.59 Å². The third-order valence-electron chi connectivity index (χ3n) is 3.91. The van der Waals surface area contributed by atoms with Crippen LogP contribution in [-0.2, 0) is 9.59 Å². The Morgan fingerprint density at radius 1 is 1.15 bits per heavy atom. The summed E-state index contributed by atoms with van der Waals surface area (Å²) in [5, 5.41) is 5.24. The van der Waals surface area contributed by atoms with Gasteiger partial charge in [0.05, 0.1) is 6.54 Å². The lowest BCUT2D eigenvalue weighted by atomic mass is 10.0. The summed E-state index contributed by atoms with van der Waals surface area (Å²) >= 11 is 0. The second-order valence-electron chi connectivity index (χ2n) is 6.53. The minimum absolute atomic E-state index is 0.146. The van der Waals surface area contributed by atoms with Crippen molar-refractivity contribution in [1.29, 1.82) is 0 Å². The number of hydrogen-bond donors (Lipinski definition) is 2. The van der Waals surface area contributed by atoms with Crippen LogP contribution in [0.2, 0.25) is 0 Å². The molecular formula is C22H24N2O3. The van der Waals surface area contributed by atoms with E-state index >= 15 is 0 Å². The summed E-state index contributed by atoms with van der Waals surface area (Å²) in [5.74, 6) is 2.78. The quantitative estimate of drug-likeness (QED) is 0.741. The van der Waals surface area contributed by atoms with Gasteiger partial charge in [-0.05, 0) is 48.2 Å². The van der Waals surface area contributed by atoms with Crippen LogP contribution in [0.5, 0.6) is 5.75 Å². The first-order valence-electron chi connectivity index (χ1n) is 8.75. The number of carbonyl (C=O) groups excluding carboxylic acids is 2. The van der Waals surface area contributed by atoms with Gasteiger partial charge in [0, 0.05) is 11.3 Å². The maximum Gasteiger partial charge on any atom is 0.258 e. The highest BCUT2D eigenvalue weighted by atomic mass is 16.5. The first kappa shape index (κ1) is 20.1. The molecule has 140 valence electrons. The van der Waals surface area contributed by atoms with Gasteiger partial charge in [-0.2, -0.15) is 0 Å². The Balaban J connectivity index is 1.83. The minimum atomic E-state index is -0.362. The van der Waals surface area contributed by atoms with Gasteiger partial charge in [0.25, 0.3) is 5.91 Å². The lowest BCUT2D eigenvalue weighted by Gasteiger charge is -2.14. The Labute approximate surface area is 160 Å². The smallest absolute Gasteiger partial charge is 0.258 e. The summed E-state index contributed by atoms with van der Waals surface area (Å²) in [6.07, 6.45) is 5.33. The molecule has 0 spiro atoms. The zero-order valence-electron chi connectivity index (χ0n) is 15.8. The summed E-state index contributed by atoms with van der Waals surface area (Å²) < 4.78 is 5.66. The number of carbonyl (C=O) groups is 2. The average Bonchev–Trinajstić information content (AvgIpc) is 2.64. The maximum atomic E-state index is 12.0. The van der Waals surface area contributed by atoms with E-state index in [1.54, 1.807) is 24.3 Å². The monoisotopic (exact) mass is 364 g/mol. The molecule has 0 unspecified atom stereocenters. The van der Waals surface area contributed by atoms with Crippen LogP contribution in [0.4, 0.5) is 5.69 Å². The van der Waals surface area contributed by atoms with E-state index < -0.39 is 0 Å². The molecule has 2 N–H and O–H groups in total. The number of aryl methyl sites for hydroxylation is 1. The third-order valence-corrected chi connectivity index (χ3v) is 3.91. The Morgan fingerprint density at radius 3 is 2.63 bits per heavy atom. The van der Waals surface area contributed by atoms with Crippen molar-refractivity contribution in [2.24, 2.45) is 0 Å². The number of anilines is 1. The molecule has 0 atom stereocenters. The van der Waals surface area contributed by atoms with Gasteiger partial charge in [0.15, 0.2) is 6.61 Å². The molecule has 5 nitrogen and oxygen atoms in total. The van der Waals surface area contributed by atoms with E-state index in [-0.39, 0.29) is 30.9 Å². The average molecular weight is 364 g/mol. The molecule has 2 aromatic rings. The molecule has 0 aliphatic heterocycles. The Hall–Kier alpha value is -3.26. The van der Waals surface area contributed by atoms with E-state index in [0.717, 1.165) is 11.1 Å². The summed E-state index contributed by atoms with van der Waals surface area (Å²) in [6.45, 7) is 5.81. The lowest BCUT2D eigenvalue weighted by molar-refractivity contribution is -0.125. The first-order valence-corrected chi connectivity index (χ1v) is 8.75. The second kappa shape index (κ2) is 9.44. The van der Waals surface area contributed by atoms with Crippen molar-refractivity contribution in [2.45, 2.75) is 26.7 Å². The molecule has 27 heavy (non-hydrogen) atoms. The molecule has 0 aromatic heterocycles. The van der Waals surface area contributed by atoms with Crippen LogP contribution < -0.4 is 15.4 Å². The highest BCUT2D eigenvalue weighted by molar-refractivity contribution is 5.94. The Morgan fingerprint density at radius 2 is 1.93 bits per heavy atom. The molecule has 2 amide bonds. The van der Waals surface area contributed by atoms with Crippen molar-refractivity contribution in [3.8, 4) is 18.1 Å². The molecule has 0 saturated heterocycles. The zero-order valence-corrected chi connectivity index (χ0v) is 15.8. The van der Waals surface area contributed by atoms with Crippen molar-refractivity contribution < 1.29 is 14.3 Å². The van der Waals surface area contributed by atoms with Gasteiger partial charge in [-0.15, -0.1) is 6.42 Å². The van der Waals surface area contributed by atoms with Gasteiger partial charge in [0.1, 0.15) is 5.75 Å². The molecule has 2 rings (SSSR count). The zero-order chi connectivity index (χ0) is 19.8. The minimum Gasteiger partial charge on any atom is -0.483 e. The van der Waals surface area contributed by atoms with Crippen molar-refractivity contribution in [2.75, 3.05) is 18.5 Å². The summed E-state index contributed by atoms with van der Waals surface area (Å²) in [6, 6.07) is 12.9. The van der Waals surface area contributed by atoms with Gasteiger partial charge in [-0.25, -0.2) is 0 Å². The molecule has 5 heteroatoms. The number of hydrogen-bond acceptors (Lipinski definition) is 3. The highest BCUT2D eigenvalue weighted by Gasteiger charge is 2.11. The lowest BCUT2D eigenvalue weighted by Crippen LogP contribution is -2.35. The molecule has 0 fully saturated rings. The van der Waals surface area contributed by atoms with Crippen LogP contribution in [0.1, 0.15) is 36.5 Å². The van der Waals surface area contributed by atoms with Gasteiger partial charge in [0.2, 0.25) is 5.91 Å². The normalized spacial score (nSPS) is 10.2. The van der Waals surface area contributed by atoms with E-state index in [0.29, 0.717) is 17.0 Å². The largest absolute Gasteiger partial charge is 0.483 e. The predicted molar refractivity (Wildman–Crippen MR) is 107 cm³/mol. The van der Waals surface area contributed by atoms with Gasteiger partial charge < -0.3 is 15.4 Å². The number of terminal acetylenes is 1. The second-order valence-corrected chi connectivity index (χ2v) is 6.53. The van der Waals surface area contributed by atoms with Crippen molar-refractivity contribution >= 4 is 17.5 Å². The topological polar surface area (TPSA) is 67.4 Å². The van der Waals surface area contributed by atoms with Crippen LogP contribution in [-0.4, -0.2) is 25.0 Å². The van der Waals surface area contributed by atoms with Crippen LogP contribution in [0, 0.1) is 19.3 Å². The predicted octanol–water partition coefficient (Wildman–Crippen LogP) is 3.23. The molecule has 0 saturated carbocycles. The standard InChI is InChI=1S/C22H24N2O3/c1-5-17-7-6-8-18(12-17)24-21(25)13-23-22(26)14-27-20-11-16(4)9-10-19(20)15(2)3/h1,6-12,15H,13-14H2,2-4H3,(H,23,26)(H,24,25). The fourth-order valence-electron chi connectivity index (χ4n) is 2.51. The molecule has 2 aromatic carbocycles. The summed E-state index contributed by atoms with van der Waals surface area (Å²) in [5.41, 5.74) is 3.36. The molecule has 0 bridgehead atoms. The summed E-state index contributed by atoms with van der Waals surface area (Å²) in [4.78, 5) is 24.0. The van der Waals surface area contributed by atoms with E-state index in [1.807, 2.05) is 25.1 Å². The Kier molecular flexibility index (Phi) is 7.01. The highest BCUT2D eigenvalue weighted by Crippen LogP contribution is 2.27. The van der Waals surface area contributed by atoms with E-state index in [2.05, 4.69) is 30.4 Å². The third kappa shape index (κ3) is 6.19. The number of rotatable bonds is 7. The van der Waals surface area contributed by atoms with Crippen LogP contribution >= 0.6 is 0 Å². The van der Waals surface area contributed by atoms with Crippen molar-refractivity contribution in [1.82, 2.24) is 5.32 Å². The molecular weight excluding hydrogens is 340 g/mol. The Bertz CT molecular complexity index is 866. The molecule has 0 aliphatic rings. The SMILES string of the molecule is C#Cc1cccc(NC(=O)CNC(=O)COc2cc(C)ccc2C(C)C)c1. The number of amides is 2. The molecule has 0 radical (unpaired) electrons. The molecule has 0 aliphatic carbocycles. The number of benzene rings is 2. The van der Waals surface area contributed by atoms with Crippen molar-refractivity contribution in [3.63, 3.8) is 0 Å². The van der Waals surface area contributed by atoms with Gasteiger partial charge in [-0.3, -0.25) is 9.59 Å². The number of ether oxygens (including phenoxy) is 1. The van der Waals surface area contributed by atoms with E-state index in [1.165, 1.54) is 0 Å². The van der Waals surface area contributed by atoms with Gasteiger partial charge >= 0.3 is 0 Å². The van der Waals surface area contributed by atoms with Gasteiger partial charge in [-0.1, -0.05) is 38.0 Å². The van der Waals surface area contributed by atoms with Crippen LogP contribution in [0.15, 0.2) is 42.5 Å². The molecule has 0 heterocycles. The van der Waals surface area contributed by atoms with Crippen LogP contribution in [0.3, 0.4) is 0 Å². The van der Waals surface area contributed by atoms with E-state index in [4.69, 9.17) is 11.2 Å². The van der Waals surface area contributed by atoms with Crippen molar-refractivity contribution in [3.05, 3.63) is 59.2 Å². The summed E-state index contributed by atoms with van der Waals surface area (Å²) in [7, 11) is 0. The first-order chi connectivity index (χ1) is 12.9. The maximum absolute atomic E-state index is 12.0. The fraction of sp³-hybridized carbons (Fsp3) is 0.273. The van der Waals surface area contributed by atoms with Crippen LogP contribution in [0.25, 0.3) is 0 Å². The number of nitrogens with one attached hydrogen (secondary N) is 2. The fourth-order valence-corrected chi connectivity index (χ4v) is 2.51.